The van der Waals surface area contributed by atoms with Crippen LogP contribution in [-0.4, -0.2) is 18.6 Å². The lowest BCUT2D eigenvalue weighted by Gasteiger charge is -2.13. The molecule has 1 aliphatic heterocycles. The molecule has 0 aliphatic carbocycles. The first-order valence-corrected chi connectivity index (χ1v) is 7.23. The first kappa shape index (κ1) is 13.8. The van der Waals surface area contributed by atoms with E-state index >= 15 is 0 Å². The second kappa shape index (κ2) is 5.59. The van der Waals surface area contributed by atoms with Crippen LogP contribution >= 0.6 is 31.9 Å². The maximum Gasteiger partial charge on any atom is 0.229 e. The van der Waals surface area contributed by atoms with Gasteiger partial charge in [-0.2, -0.15) is 0 Å². The Morgan fingerprint density at radius 3 is 2.56 bits per heavy atom. The molecule has 0 spiro atoms. The van der Waals surface area contributed by atoms with Crippen molar-refractivity contribution in [3.8, 4) is 0 Å². The van der Waals surface area contributed by atoms with Crippen molar-refractivity contribution < 1.29 is 9.53 Å². The van der Waals surface area contributed by atoms with E-state index in [0.717, 1.165) is 15.4 Å². The van der Waals surface area contributed by atoms with Gasteiger partial charge < -0.3 is 15.8 Å². The quantitative estimate of drug-likeness (QED) is 0.778. The Labute approximate surface area is 123 Å². The number of anilines is 2. The van der Waals surface area contributed by atoms with Crippen molar-refractivity contribution in [1.29, 1.82) is 0 Å². The molecule has 0 radical (unpaired) electrons. The summed E-state index contributed by atoms with van der Waals surface area (Å²) in [4.78, 5) is 12.1. The molecule has 1 amide bonds. The monoisotopic (exact) mass is 376 g/mol. The van der Waals surface area contributed by atoms with Gasteiger partial charge in [0, 0.05) is 14.6 Å². The van der Waals surface area contributed by atoms with E-state index in [2.05, 4.69) is 37.2 Å². The molecule has 18 heavy (non-hydrogen) atoms. The highest BCUT2D eigenvalue weighted by molar-refractivity contribution is 9.11. The summed E-state index contributed by atoms with van der Waals surface area (Å²) in [6, 6.07) is 3.52. The molecule has 1 aliphatic rings. The van der Waals surface area contributed by atoms with Gasteiger partial charge in [0.1, 0.15) is 0 Å². The average Bonchev–Trinajstić information content (AvgIpc) is 2.70. The minimum atomic E-state index is -0.0867. The number of amides is 1. The molecule has 2 unspecified atom stereocenters. The summed E-state index contributed by atoms with van der Waals surface area (Å²) in [6.07, 6.45) is 0.912. The summed E-state index contributed by atoms with van der Waals surface area (Å²) in [5.41, 5.74) is 7.04. The number of halogens is 2. The predicted octanol–water partition coefficient (Wildman–Crippen LogP) is 3.16. The highest BCUT2D eigenvalue weighted by Crippen LogP contribution is 2.34. The Kier molecular flexibility index (Phi) is 4.29. The van der Waals surface area contributed by atoms with Gasteiger partial charge in [0.15, 0.2) is 0 Å². The van der Waals surface area contributed by atoms with Crippen molar-refractivity contribution in [2.24, 2.45) is 5.92 Å². The molecular weight excluding hydrogens is 364 g/mol. The Hall–Kier alpha value is -0.590. The molecule has 1 saturated heterocycles. The number of ether oxygens (including phenoxy) is 1. The maximum absolute atomic E-state index is 12.1. The minimum absolute atomic E-state index is 0.0227. The van der Waals surface area contributed by atoms with Crippen LogP contribution < -0.4 is 11.1 Å². The van der Waals surface area contributed by atoms with E-state index in [4.69, 9.17) is 10.5 Å². The van der Waals surface area contributed by atoms with Crippen LogP contribution in [0.4, 0.5) is 11.4 Å². The molecule has 2 rings (SSSR count). The van der Waals surface area contributed by atoms with Gasteiger partial charge in [-0.05, 0) is 57.3 Å². The van der Waals surface area contributed by atoms with E-state index in [1.165, 1.54) is 0 Å². The molecule has 0 aromatic heterocycles. The molecule has 3 N–H and O–H groups in total. The number of nitrogen functional groups attached to an aromatic ring is 1. The van der Waals surface area contributed by atoms with E-state index in [1.54, 1.807) is 12.1 Å². The van der Waals surface area contributed by atoms with Crippen molar-refractivity contribution in [1.82, 2.24) is 0 Å². The zero-order chi connectivity index (χ0) is 13.3. The number of carbonyl (C=O) groups excluding carboxylic acids is 1. The van der Waals surface area contributed by atoms with Gasteiger partial charge in [0.2, 0.25) is 5.91 Å². The number of carbonyl (C=O) groups is 1. The second-order valence-electron chi connectivity index (χ2n) is 4.43. The first-order valence-electron chi connectivity index (χ1n) is 5.64. The zero-order valence-corrected chi connectivity index (χ0v) is 13.0. The summed E-state index contributed by atoms with van der Waals surface area (Å²) in [6.45, 7) is 2.46. The third kappa shape index (κ3) is 3.05. The SMILES string of the molecule is CC1CC(C(=O)Nc2c(Br)cc(N)cc2Br)CO1. The number of hydrogen-bond donors (Lipinski definition) is 2. The summed E-state index contributed by atoms with van der Waals surface area (Å²) in [5, 5.41) is 2.90. The van der Waals surface area contributed by atoms with Crippen molar-refractivity contribution >= 4 is 49.1 Å². The summed E-state index contributed by atoms with van der Waals surface area (Å²) >= 11 is 6.78. The molecule has 1 aromatic carbocycles. The third-order valence-electron chi connectivity index (χ3n) is 2.88. The van der Waals surface area contributed by atoms with Gasteiger partial charge in [-0.3, -0.25) is 4.79 Å². The van der Waals surface area contributed by atoms with Crippen LogP contribution in [0.25, 0.3) is 0 Å². The minimum Gasteiger partial charge on any atom is -0.399 e. The fourth-order valence-corrected chi connectivity index (χ4v) is 3.36. The van der Waals surface area contributed by atoms with Crippen LogP contribution in [0, 0.1) is 5.92 Å². The molecule has 0 saturated carbocycles. The lowest BCUT2D eigenvalue weighted by Crippen LogP contribution is -2.23. The smallest absolute Gasteiger partial charge is 0.229 e. The zero-order valence-electron chi connectivity index (χ0n) is 9.87. The van der Waals surface area contributed by atoms with E-state index in [-0.39, 0.29) is 17.9 Å². The van der Waals surface area contributed by atoms with Gasteiger partial charge >= 0.3 is 0 Å². The maximum atomic E-state index is 12.1. The fourth-order valence-electron chi connectivity index (χ4n) is 1.94. The lowest BCUT2D eigenvalue weighted by molar-refractivity contribution is -0.119. The van der Waals surface area contributed by atoms with Crippen molar-refractivity contribution in [2.45, 2.75) is 19.4 Å². The fraction of sp³-hybridized carbons (Fsp3) is 0.417. The number of benzene rings is 1. The van der Waals surface area contributed by atoms with Crippen LogP contribution in [0.1, 0.15) is 13.3 Å². The summed E-state index contributed by atoms with van der Waals surface area (Å²) in [7, 11) is 0. The van der Waals surface area contributed by atoms with Gasteiger partial charge in [-0.25, -0.2) is 0 Å². The second-order valence-corrected chi connectivity index (χ2v) is 6.13. The number of hydrogen-bond acceptors (Lipinski definition) is 3. The van der Waals surface area contributed by atoms with Gasteiger partial charge in [0.25, 0.3) is 0 Å². The van der Waals surface area contributed by atoms with Crippen LogP contribution in [0.3, 0.4) is 0 Å². The third-order valence-corrected chi connectivity index (χ3v) is 4.13. The van der Waals surface area contributed by atoms with E-state index in [1.807, 2.05) is 6.92 Å². The topological polar surface area (TPSA) is 64.4 Å². The summed E-state index contributed by atoms with van der Waals surface area (Å²) in [5.74, 6) is -0.109. The highest BCUT2D eigenvalue weighted by atomic mass is 79.9. The molecule has 1 heterocycles. The summed E-state index contributed by atoms with van der Waals surface area (Å²) < 4.78 is 6.92. The molecule has 6 heteroatoms. The number of nitrogens with one attached hydrogen (secondary N) is 1. The van der Waals surface area contributed by atoms with Crippen LogP contribution in [-0.2, 0) is 9.53 Å². The molecule has 2 atom stereocenters. The van der Waals surface area contributed by atoms with Gasteiger partial charge in [-0.15, -0.1) is 0 Å². The Bertz CT molecular complexity index is 456. The predicted molar refractivity (Wildman–Crippen MR) is 78.4 cm³/mol. The van der Waals surface area contributed by atoms with Crippen LogP contribution in [0.5, 0.6) is 0 Å². The molecule has 1 fully saturated rings. The van der Waals surface area contributed by atoms with Crippen molar-refractivity contribution in [3.05, 3.63) is 21.1 Å². The standard InChI is InChI=1S/C12H14Br2N2O2/c1-6-2-7(5-18-6)12(17)16-11-9(13)3-8(15)4-10(11)14/h3-4,6-7H,2,5,15H2,1H3,(H,16,17). The van der Waals surface area contributed by atoms with Crippen molar-refractivity contribution in [3.63, 3.8) is 0 Å². The Morgan fingerprint density at radius 1 is 1.44 bits per heavy atom. The highest BCUT2D eigenvalue weighted by Gasteiger charge is 2.28. The Morgan fingerprint density at radius 2 is 2.06 bits per heavy atom. The largest absolute Gasteiger partial charge is 0.399 e. The van der Waals surface area contributed by atoms with Crippen LogP contribution in [0.15, 0.2) is 21.1 Å². The normalized spacial score (nSPS) is 23.1. The lowest BCUT2D eigenvalue weighted by atomic mass is 10.1. The van der Waals surface area contributed by atoms with Gasteiger partial charge in [-0.1, -0.05) is 0 Å². The van der Waals surface area contributed by atoms with Gasteiger partial charge in [0.05, 0.1) is 24.3 Å². The Balaban J connectivity index is 2.12. The van der Waals surface area contributed by atoms with E-state index in [0.29, 0.717) is 18.0 Å². The molecule has 4 nitrogen and oxygen atoms in total. The first-order chi connectivity index (χ1) is 8.47. The number of rotatable bonds is 2. The van der Waals surface area contributed by atoms with Crippen LogP contribution in [0.2, 0.25) is 0 Å². The molecule has 0 bridgehead atoms. The molecule has 1 aromatic rings. The number of nitrogens with two attached hydrogens (primary N) is 1. The molecule has 98 valence electrons. The van der Waals surface area contributed by atoms with E-state index in [9.17, 15) is 4.79 Å². The average molecular weight is 378 g/mol. The van der Waals surface area contributed by atoms with Crippen molar-refractivity contribution in [2.75, 3.05) is 17.7 Å². The molecular formula is C12H14Br2N2O2. The van der Waals surface area contributed by atoms with E-state index < -0.39 is 0 Å².